The van der Waals surface area contributed by atoms with Gasteiger partial charge >= 0.3 is 6.18 Å². The second-order valence-electron chi connectivity index (χ2n) is 7.98. The number of fused-ring (bicyclic) bond motifs is 1. The zero-order chi connectivity index (χ0) is 18.4. The third-order valence-electron chi connectivity index (χ3n) is 4.46. The number of rotatable bonds is 3. The fourth-order valence-electron chi connectivity index (χ4n) is 3.33. The number of halogens is 3. The number of aromatic nitrogens is 2. The van der Waals surface area contributed by atoms with Crippen LogP contribution in [0.4, 0.5) is 13.2 Å². The van der Waals surface area contributed by atoms with E-state index in [0.717, 1.165) is 25.0 Å². The van der Waals surface area contributed by atoms with Gasteiger partial charge in [-0.15, -0.1) is 0 Å². The normalized spacial score (nSPS) is 17.2. The highest BCUT2D eigenvalue weighted by molar-refractivity contribution is 5.83. The van der Waals surface area contributed by atoms with Gasteiger partial charge in [0.15, 0.2) is 0 Å². The van der Waals surface area contributed by atoms with Crippen molar-refractivity contribution in [3.63, 3.8) is 0 Å². The second kappa shape index (κ2) is 6.16. The van der Waals surface area contributed by atoms with Gasteiger partial charge < -0.3 is 10.3 Å². The van der Waals surface area contributed by atoms with Gasteiger partial charge in [-0.25, -0.2) is 4.98 Å². The van der Waals surface area contributed by atoms with Crippen molar-refractivity contribution in [3.8, 4) is 0 Å². The van der Waals surface area contributed by atoms with Crippen molar-refractivity contribution in [1.29, 1.82) is 0 Å². The Morgan fingerprint density at radius 2 is 1.96 bits per heavy atom. The van der Waals surface area contributed by atoms with Crippen LogP contribution in [0.2, 0.25) is 0 Å². The first kappa shape index (κ1) is 18.0. The Hall–Kier alpha value is -1.82. The number of hydrogen-bond acceptors (Lipinski definition) is 2. The fourth-order valence-corrected chi connectivity index (χ4v) is 3.33. The minimum absolute atomic E-state index is 0.0874. The zero-order valence-corrected chi connectivity index (χ0v) is 14.8. The number of allylic oxidation sites excluding steroid dienone is 2. The van der Waals surface area contributed by atoms with Crippen LogP contribution in [0.25, 0.3) is 16.6 Å². The van der Waals surface area contributed by atoms with Gasteiger partial charge in [-0.3, -0.25) is 0 Å². The monoisotopic (exact) mass is 351 g/mol. The highest BCUT2D eigenvalue weighted by Gasteiger charge is 2.39. The van der Waals surface area contributed by atoms with Crippen LogP contribution in [-0.2, 0) is 6.54 Å². The first-order valence-corrected chi connectivity index (χ1v) is 8.58. The molecule has 0 amide bonds. The summed E-state index contributed by atoms with van der Waals surface area (Å²) in [7, 11) is 0. The van der Waals surface area contributed by atoms with Crippen molar-refractivity contribution in [3.05, 3.63) is 35.7 Å². The van der Waals surface area contributed by atoms with Gasteiger partial charge in [0.1, 0.15) is 11.7 Å². The molecule has 136 valence electrons. The molecule has 3 rings (SSSR count). The summed E-state index contributed by atoms with van der Waals surface area (Å²) in [6.07, 6.45) is 2.30. The third-order valence-corrected chi connectivity index (χ3v) is 4.46. The van der Waals surface area contributed by atoms with Crippen molar-refractivity contribution in [1.82, 2.24) is 9.55 Å². The minimum atomic E-state index is -4.48. The Balaban J connectivity index is 2.15. The molecule has 0 bridgehead atoms. The lowest BCUT2D eigenvalue weighted by atomic mass is 9.97. The maximum absolute atomic E-state index is 13.2. The van der Waals surface area contributed by atoms with Crippen LogP contribution in [0.5, 0.6) is 0 Å². The Morgan fingerprint density at radius 3 is 2.52 bits per heavy atom. The van der Waals surface area contributed by atoms with Gasteiger partial charge in [0.25, 0.3) is 0 Å². The maximum atomic E-state index is 13.2. The average molecular weight is 351 g/mol. The molecule has 3 nitrogen and oxygen atoms in total. The SMILES string of the molecule is CC(C)(C)Cn1cc([C@H](N)C(F)(F)F)c2ccc(C3=CCCC3)nc21. The highest BCUT2D eigenvalue weighted by Crippen LogP contribution is 2.37. The van der Waals surface area contributed by atoms with Crippen LogP contribution in [0.3, 0.4) is 0 Å². The van der Waals surface area contributed by atoms with E-state index in [0.29, 0.717) is 17.6 Å². The van der Waals surface area contributed by atoms with Gasteiger partial charge in [0.2, 0.25) is 0 Å². The van der Waals surface area contributed by atoms with Crippen molar-refractivity contribution in [2.24, 2.45) is 11.1 Å². The topological polar surface area (TPSA) is 43.8 Å². The summed E-state index contributed by atoms with van der Waals surface area (Å²) in [6.45, 7) is 6.71. The molecule has 2 aromatic heterocycles. The summed E-state index contributed by atoms with van der Waals surface area (Å²) >= 11 is 0. The van der Waals surface area contributed by atoms with E-state index >= 15 is 0 Å². The lowest BCUT2D eigenvalue weighted by Gasteiger charge is -2.19. The molecule has 6 heteroatoms. The highest BCUT2D eigenvalue weighted by atomic mass is 19.4. The van der Waals surface area contributed by atoms with Gasteiger partial charge in [-0.05, 0) is 42.4 Å². The summed E-state index contributed by atoms with van der Waals surface area (Å²) < 4.78 is 41.3. The maximum Gasteiger partial charge on any atom is 0.407 e. The molecule has 0 spiro atoms. The molecule has 2 heterocycles. The molecule has 25 heavy (non-hydrogen) atoms. The van der Waals surface area contributed by atoms with Crippen LogP contribution in [0, 0.1) is 5.41 Å². The first-order chi connectivity index (χ1) is 11.6. The number of alkyl halides is 3. The Labute approximate surface area is 145 Å². The fraction of sp³-hybridized carbons (Fsp3) is 0.526. The molecule has 0 aliphatic heterocycles. The smallest absolute Gasteiger partial charge is 0.332 e. The third kappa shape index (κ3) is 3.73. The van der Waals surface area contributed by atoms with Crippen molar-refractivity contribution in [2.45, 2.75) is 58.8 Å². The van der Waals surface area contributed by atoms with E-state index in [4.69, 9.17) is 10.7 Å². The second-order valence-corrected chi connectivity index (χ2v) is 7.98. The van der Waals surface area contributed by atoms with Crippen molar-refractivity contribution in [2.75, 3.05) is 0 Å². The molecule has 2 N–H and O–H groups in total. The molecule has 0 fully saturated rings. The van der Waals surface area contributed by atoms with Crippen molar-refractivity contribution < 1.29 is 13.2 Å². The van der Waals surface area contributed by atoms with Gasteiger partial charge in [-0.2, -0.15) is 13.2 Å². The van der Waals surface area contributed by atoms with E-state index in [1.165, 1.54) is 11.8 Å². The number of nitrogens with zero attached hydrogens (tertiary/aromatic N) is 2. The van der Waals surface area contributed by atoms with E-state index in [2.05, 4.69) is 6.08 Å². The van der Waals surface area contributed by atoms with E-state index in [9.17, 15) is 13.2 Å². The first-order valence-electron chi connectivity index (χ1n) is 8.58. The average Bonchev–Trinajstić information content (AvgIpc) is 3.12. The van der Waals surface area contributed by atoms with Crippen LogP contribution in [0.1, 0.15) is 57.3 Å². The Bertz CT molecular complexity index is 810. The van der Waals surface area contributed by atoms with Gasteiger partial charge in [-0.1, -0.05) is 26.8 Å². The largest absolute Gasteiger partial charge is 0.407 e. The lowest BCUT2D eigenvalue weighted by Crippen LogP contribution is -2.28. The Kier molecular flexibility index (Phi) is 4.43. The Morgan fingerprint density at radius 1 is 1.24 bits per heavy atom. The summed E-state index contributed by atoms with van der Waals surface area (Å²) in [5, 5.41) is 0.483. The summed E-state index contributed by atoms with van der Waals surface area (Å²) in [5.74, 6) is 0. The van der Waals surface area contributed by atoms with Crippen LogP contribution < -0.4 is 5.73 Å². The number of nitrogens with two attached hydrogens (primary N) is 1. The zero-order valence-electron chi connectivity index (χ0n) is 14.8. The molecule has 0 saturated heterocycles. The standard InChI is InChI=1S/C19H24F3N3/c1-18(2,3)11-25-10-14(16(23)19(20,21)22)13-8-9-15(24-17(13)25)12-6-4-5-7-12/h6,8-10,16H,4-5,7,11,23H2,1-3H3/t16-/m0/s1. The molecule has 0 saturated carbocycles. The lowest BCUT2D eigenvalue weighted by molar-refractivity contribution is -0.148. The molecule has 2 aromatic rings. The van der Waals surface area contributed by atoms with Gasteiger partial charge in [0, 0.05) is 23.7 Å². The predicted molar refractivity (Wildman–Crippen MR) is 94.0 cm³/mol. The molecular weight excluding hydrogens is 327 g/mol. The van der Waals surface area contributed by atoms with Crippen molar-refractivity contribution >= 4 is 16.6 Å². The molecule has 0 aromatic carbocycles. The number of pyridine rings is 1. The summed E-state index contributed by atoms with van der Waals surface area (Å²) in [5.41, 5.74) is 8.10. The van der Waals surface area contributed by atoms with E-state index < -0.39 is 12.2 Å². The predicted octanol–water partition coefficient (Wildman–Crippen LogP) is 5.21. The molecule has 1 atom stereocenters. The molecule has 1 aliphatic carbocycles. The minimum Gasteiger partial charge on any atom is -0.332 e. The molecule has 0 unspecified atom stereocenters. The molecule has 1 aliphatic rings. The van der Waals surface area contributed by atoms with Crippen LogP contribution in [0.15, 0.2) is 24.4 Å². The summed E-state index contributed by atoms with van der Waals surface area (Å²) in [6, 6.07) is 1.54. The van der Waals surface area contributed by atoms with E-state index in [1.54, 1.807) is 6.07 Å². The van der Waals surface area contributed by atoms with Gasteiger partial charge in [0.05, 0.1) is 5.69 Å². The van der Waals surface area contributed by atoms with E-state index in [1.807, 2.05) is 31.4 Å². The number of hydrogen-bond donors (Lipinski definition) is 1. The molecular formula is C19H24F3N3. The summed E-state index contributed by atoms with van der Waals surface area (Å²) in [4.78, 5) is 4.70. The quantitative estimate of drug-likeness (QED) is 0.825. The van der Waals surface area contributed by atoms with Crippen LogP contribution in [-0.4, -0.2) is 15.7 Å². The molecule has 0 radical (unpaired) electrons. The van der Waals surface area contributed by atoms with E-state index in [-0.39, 0.29) is 11.0 Å². The van der Waals surface area contributed by atoms with Crippen LogP contribution >= 0.6 is 0 Å².